The molecule has 1 aliphatic heterocycles. The quantitative estimate of drug-likeness (QED) is 0.504. The fourth-order valence-corrected chi connectivity index (χ4v) is 4.26. The summed E-state index contributed by atoms with van der Waals surface area (Å²) < 4.78 is 1.72. The molecule has 0 unspecified atom stereocenters. The first-order chi connectivity index (χ1) is 15.5. The zero-order valence-corrected chi connectivity index (χ0v) is 19.0. The SMILES string of the molecule is O=C(CN1CCC(C(=O)c2ccc(Cl)cc2)CC1)Nc1ccnn1Cc1ccccc1Cl. The topological polar surface area (TPSA) is 67.2 Å². The van der Waals surface area contributed by atoms with Crippen LogP contribution in [0.2, 0.25) is 10.0 Å². The lowest BCUT2D eigenvalue weighted by Gasteiger charge is -2.30. The van der Waals surface area contributed by atoms with Crippen LogP contribution in [0.4, 0.5) is 5.82 Å². The Morgan fingerprint density at radius 3 is 2.44 bits per heavy atom. The van der Waals surface area contributed by atoms with E-state index in [0.717, 1.165) is 18.4 Å². The number of likely N-dealkylation sites (tertiary alicyclic amines) is 1. The average molecular weight is 471 g/mol. The maximum Gasteiger partial charge on any atom is 0.239 e. The highest BCUT2D eigenvalue weighted by Gasteiger charge is 2.26. The summed E-state index contributed by atoms with van der Waals surface area (Å²) in [5.41, 5.74) is 1.62. The number of halogens is 2. The van der Waals surface area contributed by atoms with Gasteiger partial charge in [-0.25, -0.2) is 4.68 Å². The van der Waals surface area contributed by atoms with E-state index in [4.69, 9.17) is 23.2 Å². The summed E-state index contributed by atoms with van der Waals surface area (Å²) in [7, 11) is 0. The Morgan fingerprint density at radius 2 is 1.72 bits per heavy atom. The van der Waals surface area contributed by atoms with Crippen LogP contribution in [-0.2, 0) is 11.3 Å². The van der Waals surface area contributed by atoms with Gasteiger partial charge in [0.15, 0.2) is 5.78 Å². The van der Waals surface area contributed by atoms with E-state index in [0.29, 0.717) is 41.1 Å². The Labute approximate surface area is 197 Å². The number of rotatable bonds is 7. The highest BCUT2D eigenvalue weighted by atomic mass is 35.5. The van der Waals surface area contributed by atoms with E-state index in [2.05, 4.69) is 15.3 Å². The number of carbonyl (C=O) groups is 2. The molecule has 4 rings (SSSR count). The van der Waals surface area contributed by atoms with Gasteiger partial charge in [0.2, 0.25) is 5.91 Å². The number of Topliss-reactive ketones (excluding diaryl/α,β-unsaturated/α-hetero) is 1. The number of ketones is 1. The Morgan fingerprint density at radius 1 is 1.00 bits per heavy atom. The number of carbonyl (C=O) groups excluding carboxylic acids is 2. The minimum Gasteiger partial charge on any atom is -0.310 e. The first kappa shape index (κ1) is 22.5. The van der Waals surface area contributed by atoms with Crippen LogP contribution in [0.3, 0.4) is 0 Å². The predicted molar refractivity (Wildman–Crippen MR) is 126 cm³/mol. The summed E-state index contributed by atoms with van der Waals surface area (Å²) in [5.74, 6) is 0.651. The summed E-state index contributed by atoms with van der Waals surface area (Å²) in [6, 6.07) is 16.4. The van der Waals surface area contributed by atoms with E-state index < -0.39 is 0 Å². The second kappa shape index (κ2) is 10.3. The van der Waals surface area contributed by atoms with Crippen LogP contribution in [0.15, 0.2) is 60.8 Å². The third-order valence-electron chi connectivity index (χ3n) is 5.72. The van der Waals surface area contributed by atoms with Crippen LogP contribution in [0, 0.1) is 5.92 Å². The van der Waals surface area contributed by atoms with Gasteiger partial charge in [-0.05, 0) is 61.8 Å². The van der Waals surface area contributed by atoms with Crippen molar-refractivity contribution >= 4 is 40.7 Å². The predicted octanol–water partition coefficient (Wildman–Crippen LogP) is 4.77. The number of hydrogen-bond acceptors (Lipinski definition) is 4. The van der Waals surface area contributed by atoms with Gasteiger partial charge in [-0.3, -0.25) is 14.5 Å². The van der Waals surface area contributed by atoms with Crippen molar-refractivity contribution in [2.24, 2.45) is 5.92 Å². The molecule has 1 aromatic heterocycles. The summed E-state index contributed by atoms with van der Waals surface area (Å²) in [5, 5.41) is 8.52. The van der Waals surface area contributed by atoms with Crippen LogP contribution >= 0.6 is 23.2 Å². The number of nitrogens with one attached hydrogen (secondary N) is 1. The summed E-state index contributed by atoms with van der Waals surface area (Å²) in [6.45, 7) is 2.16. The van der Waals surface area contributed by atoms with Gasteiger partial charge in [0.1, 0.15) is 5.82 Å². The first-order valence-electron chi connectivity index (χ1n) is 10.6. The number of amides is 1. The van der Waals surface area contributed by atoms with Crippen molar-refractivity contribution in [2.45, 2.75) is 19.4 Å². The third kappa shape index (κ3) is 5.57. The second-order valence-corrected chi connectivity index (χ2v) is 8.78. The van der Waals surface area contributed by atoms with Crippen molar-refractivity contribution in [3.63, 3.8) is 0 Å². The highest BCUT2D eigenvalue weighted by molar-refractivity contribution is 6.31. The van der Waals surface area contributed by atoms with Gasteiger partial charge in [-0.2, -0.15) is 5.10 Å². The lowest BCUT2D eigenvalue weighted by atomic mass is 9.89. The maximum atomic E-state index is 12.7. The monoisotopic (exact) mass is 470 g/mol. The summed E-state index contributed by atoms with van der Waals surface area (Å²) >= 11 is 12.2. The van der Waals surface area contributed by atoms with E-state index in [9.17, 15) is 9.59 Å². The molecule has 166 valence electrons. The number of benzene rings is 2. The molecule has 3 aromatic rings. The molecule has 2 heterocycles. The average Bonchev–Trinajstić information content (AvgIpc) is 3.22. The first-order valence-corrected chi connectivity index (χ1v) is 11.3. The largest absolute Gasteiger partial charge is 0.310 e. The number of anilines is 1. The molecule has 0 aliphatic carbocycles. The Bertz CT molecular complexity index is 1090. The van der Waals surface area contributed by atoms with Crippen molar-refractivity contribution in [2.75, 3.05) is 25.0 Å². The van der Waals surface area contributed by atoms with E-state index >= 15 is 0 Å². The normalized spacial score (nSPS) is 14.9. The van der Waals surface area contributed by atoms with Crippen molar-refractivity contribution in [3.05, 3.63) is 82.0 Å². The molecular weight excluding hydrogens is 447 g/mol. The molecular formula is C24H24Cl2N4O2. The van der Waals surface area contributed by atoms with Gasteiger partial charge in [0.05, 0.1) is 19.3 Å². The molecule has 6 nitrogen and oxygen atoms in total. The van der Waals surface area contributed by atoms with Gasteiger partial charge < -0.3 is 5.32 Å². The smallest absolute Gasteiger partial charge is 0.239 e. The lowest BCUT2D eigenvalue weighted by Crippen LogP contribution is -2.41. The highest BCUT2D eigenvalue weighted by Crippen LogP contribution is 2.23. The molecule has 1 aliphatic rings. The van der Waals surface area contributed by atoms with Crippen LogP contribution in [0.5, 0.6) is 0 Å². The number of nitrogens with zero attached hydrogens (tertiary/aromatic N) is 3. The van der Waals surface area contributed by atoms with E-state index in [1.54, 1.807) is 41.2 Å². The van der Waals surface area contributed by atoms with Crippen molar-refractivity contribution in [3.8, 4) is 0 Å². The minimum absolute atomic E-state index is 0.0208. The molecule has 1 N–H and O–H groups in total. The van der Waals surface area contributed by atoms with Gasteiger partial charge in [0.25, 0.3) is 0 Å². The van der Waals surface area contributed by atoms with Crippen LogP contribution in [0.1, 0.15) is 28.8 Å². The standard InChI is InChI=1S/C24H24Cl2N4O2/c25-20-7-5-17(6-8-20)24(32)18-10-13-29(14-11-18)16-23(31)28-22-9-12-27-30(22)15-19-3-1-2-4-21(19)26/h1-9,12,18H,10-11,13-16H2,(H,28,31). The van der Waals surface area contributed by atoms with E-state index in [1.165, 1.54) is 0 Å². The zero-order chi connectivity index (χ0) is 22.5. The minimum atomic E-state index is -0.103. The molecule has 1 fully saturated rings. The van der Waals surface area contributed by atoms with Crippen molar-refractivity contribution in [1.29, 1.82) is 0 Å². The second-order valence-electron chi connectivity index (χ2n) is 7.94. The fourth-order valence-electron chi connectivity index (χ4n) is 3.94. The van der Waals surface area contributed by atoms with Gasteiger partial charge >= 0.3 is 0 Å². The van der Waals surface area contributed by atoms with Gasteiger partial charge in [-0.15, -0.1) is 0 Å². The number of hydrogen-bond donors (Lipinski definition) is 1. The van der Waals surface area contributed by atoms with Crippen LogP contribution in [0.25, 0.3) is 0 Å². The van der Waals surface area contributed by atoms with Gasteiger partial charge in [-0.1, -0.05) is 41.4 Å². The molecule has 2 aromatic carbocycles. The van der Waals surface area contributed by atoms with Gasteiger partial charge in [0, 0.05) is 27.6 Å². The fraction of sp³-hybridized carbons (Fsp3) is 0.292. The Balaban J connectivity index is 1.28. The molecule has 32 heavy (non-hydrogen) atoms. The molecule has 0 bridgehead atoms. The summed E-state index contributed by atoms with van der Waals surface area (Å²) in [4.78, 5) is 27.4. The molecule has 1 saturated heterocycles. The Kier molecular flexibility index (Phi) is 7.25. The molecule has 0 atom stereocenters. The molecule has 0 spiro atoms. The van der Waals surface area contributed by atoms with Crippen LogP contribution in [-0.4, -0.2) is 46.0 Å². The maximum absolute atomic E-state index is 12.7. The molecule has 1 amide bonds. The summed E-state index contributed by atoms with van der Waals surface area (Å²) in [6.07, 6.45) is 3.12. The van der Waals surface area contributed by atoms with E-state index in [-0.39, 0.29) is 24.2 Å². The molecule has 0 saturated carbocycles. The molecule has 0 radical (unpaired) electrons. The van der Waals surface area contributed by atoms with Crippen LogP contribution < -0.4 is 5.32 Å². The number of aromatic nitrogens is 2. The Hall–Kier alpha value is -2.67. The lowest BCUT2D eigenvalue weighted by molar-refractivity contribution is -0.117. The van der Waals surface area contributed by atoms with E-state index in [1.807, 2.05) is 24.3 Å². The van der Waals surface area contributed by atoms with Crippen molar-refractivity contribution in [1.82, 2.24) is 14.7 Å². The van der Waals surface area contributed by atoms with Crippen molar-refractivity contribution < 1.29 is 9.59 Å². The zero-order valence-electron chi connectivity index (χ0n) is 17.5. The third-order valence-corrected chi connectivity index (χ3v) is 6.34. The number of piperidine rings is 1. The molecule has 8 heteroatoms.